The summed E-state index contributed by atoms with van der Waals surface area (Å²) in [5.74, 6) is 1.25. The lowest BCUT2D eigenvalue weighted by Crippen LogP contribution is -2.20. The maximum absolute atomic E-state index is 3.55. The zero-order valence-corrected chi connectivity index (χ0v) is 9.93. The van der Waals surface area contributed by atoms with Gasteiger partial charge in [0.1, 0.15) is 0 Å². The molecule has 0 amide bonds. The van der Waals surface area contributed by atoms with Crippen molar-refractivity contribution in [1.82, 2.24) is 5.32 Å². The van der Waals surface area contributed by atoms with Crippen LogP contribution in [0.25, 0.3) is 0 Å². The standard InChI is InChI=1S/C13H19NS/c1-2-8-13(9-3-1)15-11-5-7-12-6-4-10-14-12/h1-3,8-9,12,14H,4-7,10-11H2. The lowest BCUT2D eigenvalue weighted by atomic mass is 10.1. The van der Waals surface area contributed by atoms with Gasteiger partial charge in [0, 0.05) is 10.9 Å². The molecule has 82 valence electrons. The molecule has 0 spiro atoms. The third kappa shape index (κ3) is 3.88. The Kier molecular flexibility index (Phi) is 4.55. The second kappa shape index (κ2) is 6.19. The molecule has 1 saturated heterocycles. The molecule has 1 N–H and O–H groups in total. The van der Waals surface area contributed by atoms with E-state index in [2.05, 4.69) is 35.6 Å². The highest BCUT2D eigenvalue weighted by Gasteiger charge is 2.12. The molecule has 0 radical (unpaired) electrons. The summed E-state index contributed by atoms with van der Waals surface area (Å²) < 4.78 is 0. The molecule has 1 aliphatic rings. The number of rotatable bonds is 5. The van der Waals surface area contributed by atoms with Crippen molar-refractivity contribution < 1.29 is 0 Å². The molecule has 1 atom stereocenters. The quantitative estimate of drug-likeness (QED) is 0.605. The van der Waals surface area contributed by atoms with Crippen molar-refractivity contribution >= 4 is 11.8 Å². The Morgan fingerprint density at radius 1 is 1.27 bits per heavy atom. The average Bonchev–Trinajstić information content (AvgIpc) is 2.79. The molecule has 0 aromatic heterocycles. The predicted octanol–water partition coefficient (Wildman–Crippen LogP) is 3.31. The van der Waals surface area contributed by atoms with Crippen molar-refractivity contribution in [3.05, 3.63) is 30.3 Å². The first-order chi connectivity index (χ1) is 7.45. The molecule has 1 fully saturated rings. The number of hydrogen-bond acceptors (Lipinski definition) is 2. The fourth-order valence-electron chi connectivity index (χ4n) is 2.04. The number of benzene rings is 1. The van der Waals surface area contributed by atoms with Gasteiger partial charge >= 0.3 is 0 Å². The van der Waals surface area contributed by atoms with Crippen LogP contribution in [-0.4, -0.2) is 18.3 Å². The van der Waals surface area contributed by atoms with Crippen molar-refractivity contribution in [2.75, 3.05) is 12.3 Å². The van der Waals surface area contributed by atoms with Crippen LogP contribution in [0.4, 0.5) is 0 Å². The fourth-order valence-corrected chi connectivity index (χ4v) is 2.94. The van der Waals surface area contributed by atoms with Gasteiger partial charge in [-0.25, -0.2) is 0 Å². The van der Waals surface area contributed by atoms with Crippen LogP contribution >= 0.6 is 11.8 Å². The van der Waals surface area contributed by atoms with E-state index in [1.54, 1.807) is 0 Å². The van der Waals surface area contributed by atoms with Crippen molar-refractivity contribution in [1.29, 1.82) is 0 Å². The van der Waals surface area contributed by atoms with E-state index in [1.165, 1.54) is 42.9 Å². The van der Waals surface area contributed by atoms with Crippen LogP contribution in [0.1, 0.15) is 25.7 Å². The number of thioether (sulfide) groups is 1. The van der Waals surface area contributed by atoms with E-state index in [1.807, 2.05) is 11.8 Å². The summed E-state index contributed by atoms with van der Waals surface area (Å²) in [6, 6.07) is 11.5. The minimum atomic E-state index is 0.807. The summed E-state index contributed by atoms with van der Waals surface area (Å²) >= 11 is 1.98. The normalized spacial score (nSPS) is 20.7. The Hall–Kier alpha value is -0.470. The van der Waals surface area contributed by atoms with E-state index in [0.29, 0.717) is 0 Å². The Morgan fingerprint density at radius 2 is 2.13 bits per heavy atom. The van der Waals surface area contributed by atoms with Gasteiger partial charge in [-0.15, -0.1) is 11.8 Å². The smallest absolute Gasteiger partial charge is 0.00719 e. The van der Waals surface area contributed by atoms with Gasteiger partial charge in [-0.3, -0.25) is 0 Å². The highest BCUT2D eigenvalue weighted by atomic mass is 32.2. The van der Waals surface area contributed by atoms with Crippen molar-refractivity contribution in [3.63, 3.8) is 0 Å². The van der Waals surface area contributed by atoms with E-state index in [9.17, 15) is 0 Å². The molecule has 2 rings (SSSR count). The lowest BCUT2D eigenvalue weighted by Gasteiger charge is -2.08. The second-order valence-corrected chi connectivity index (χ2v) is 5.27. The Balaban J connectivity index is 1.59. The minimum Gasteiger partial charge on any atom is -0.314 e. The van der Waals surface area contributed by atoms with Gasteiger partial charge in [0.2, 0.25) is 0 Å². The van der Waals surface area contributed by atoms with Gasteiger partial charge in [0.15, 0.2) is 0 Å². The first kappa shape index (κ1) is 11.0. The number of nitrogens with one attached hydrogen (secondary N) is 1. The van der Waals surface area contributed by atoms with E-state index in [-0.39, 0.29) is 0 Å². The van der Waals surface area contributed by atoms with Crippen molar-refractivity contribution in [2.45, 2.75) is 36.6 Å². The lowest BCUT2D eigenvalue weighted by molar-refractivity contribution is 0.553. The summed E-state index contributed by atoms with van der Waals surface area (Å²) in [5.41, 5.74) is 0. The summed E-state index contributed by atoms with van der Waals surface area (Å²) in [7, 11) is 0. The van der Waals surface area contributed by atoms with Crippen LogP contribution < -0.4 is 5.32 Å². The minimum absolute atomic E-state index is 0.807. The van der Waals surface area contributed by atoms with Crippen LogP contribution in [0.3, 0.4) is 0 Å². The maximum Gasteiger partial charge on any atom is 0.00719 e. The third-order valence-electron chi connectivity index (χ3n) is 2.87. The molecule has 1 heterocycles. The van der Waals surface area contributed by atoms with Crippen LogP contribution in [0.5, 0.6) is 0 Å². The van der Waals surface area contributed by atoms with Gasteiger partial charge in [0.05, 0.1) is 0 Å². The predicted molar refractivity (Wildman–Crippen MR) is 67.4 cm³/mol. The van der Waals surface area contributed by atoms with Gasteiger partial charge in [-0.05, 0) is 50.1 Å². The molecule has 0 bridgehead atoms. The maximum atomic E-state index is 3.55. The summed E-state index contributed by atoms with van der Waals surface area (Å²) in [6.07, 6.45) is 5.43. The van der Waals surface area contributed by atoms with E-state index < -0.39 is 0 Å². The molecule has 2 heteroatoms. The van der Waals surface area contributed by atoms with E-state index in [0.717, 1.165) is 6.04 Å². The van der Waals surface area contributed by atoms with Gasteiger partial charge in [-0.2, -0.15) is 0 Å². The molecule has 1 aliphatic heterocycles. The van der Waals surface area contributed by atoms with Crippen molar-refractivity contribution in [2.24, 2.45) is 0 Å². The SMILES string of the molecule is c1ccc(SCCCC2CCCN2)cc1. The Labute approximate surface area is 96.7 Å². The topological polar surface area (TPSA) is 12.0 Å². The molecule has 1 aromatic carbocycles. The van der Waals surface area contributed by atoms with E-state index in [4.69, 9.17) is 0 Å². The molecule has 15 heavy (non-hydrogen) atoms. The molecule has 0 aliphatic carbocycles. The van der Waals surface area contributed by atoms with E-state index >= 15 is 0 Å². The van der Waals surface area contributed by atoms with Crippen LogP contribution in [0.15, 0.2) is 35.2 Å². The van der Waals surface area contributed by atoms with Crippen LogP contribution in [0.2, 0.25) is 0 Å². The summed E-state index contributed by atoms with van der Waals surface area (Å²) in [4.78, 5) is 1.40. The third-order valence-corrected chi connectivity index (χ3v) is 3.97. The van der Waals surface area contributed by atoms with Gasteiger partial charge in [0.25, 0.3) is 0 Å². The Morgan fingerprint density at radius 3 is 2.87 bits per heavy atom. The molecular weight excluding hydrogens is 202 g/mol. The molecule has 0 saturated carbocycles. The Bertz CT molecular complexity index is 267. The monoisotopic (exact) mass is 221 g/mol. The first-order valence-corrected chi connectivity index (χ1v) is 6.85. The fraction of sp³-hybridized carbons (Fsp3) is 0.538. The molecular formula is C13H19NS. The average molecular weight is 221 g/mol. The number of hydrogen-bond donors (Lipinski definition) is 1. The van der Waals surface area contributed by atoms with Crippen molar-refractivity contribution in [3.8, 4) is 0 Å². The zero-order chi connectivity index (χ0) is 10.3. The van der Waals surface area contributed by atoms with Gasteiger partial charge < -0.3 is 5.32 Å². The molecule has 1 nitrogen and oxygen atoms in total. The molecule has 1 unspecified atom stereocenters. The zero-order valence-electron chi connectivity index (χ0n) is 9.11. The summed E-state index contributed by atoms with van der Waals surface area (Å²) in [6.45, 7) is 1.23. The molecule has 1 aromatic rings. The van der Waals surface area contributed by atoms with Crippen LogP contribution in [0, 0.1) is 0 Å². The van der Waals surface area contributed by atoms with Crippen LogP contribution in [-0.2, 0) is 0 Å². The first-order valence-electron chi connectivity index (χ1n) is 5.86. The highest BCUT2D eigenvalue weighted by Crippen LogP contribution is 2.20. The largest absolute Gasteiger partial charge is 0.314 e. The highest BCUT2D eigenvalue weighted by molar-refractivity contribution is 7.99. The summed E-state index contributed by atoms with van der Waals surface area (Å²) in [5, 5.41) is 3.55. The second-order valence-electron chi connectivity index (χ2n) is 4.10. The van der Waals surface area contributed by atoms with Gasteiger partial charge in [-0.1, -0.05) is 18.2 Å².